The smallest absolute Gasteiger partial charge is 0.257 e. The third kappa shape index (κ3) is 2.97. The van der Waals surface area contributed by atoms with E-state index in [0.717, 1.165) is 28.2 Å². The zero-order valence-corrected chi connectivity index (χ0v) is 12.6. The van der Waals surface area contributed by atoms with Crippen LogP contribution in [0.25, 0.3) is 0 Å². The van der Waals surface area contributed by atoms with Gasteiger partial charge >= 0.3 is 0 Å². The maximum atomic E-state index is 12.2. The van der Waals surface area contributed by atoms with E-state index in [1.807, 2.05) is 13.8 Å². The van der Waals surface area contributed by atoms with Gasteiger partial charge in [0.2, 0.25) is 0 Å². The molecule has 0 saturated carbocycles. The van der Waals surface area contributed by atoms with E-state index in [9.17, 15) is 4.79 Å². The fourth-order valence-electron chi connectivity index (χ4n) is 1.95. The Kier molecular flexibility index (Phi) is 4.36. The molecule has 106 valence electrons. The molecule has 0 radical (unpaired) electrons. The summed E-state index contributed by atoms with van der Waals surface area (Å²) in [6.45, 7) is 5.96. The standard InChI is InChI=1S/C14H18N4OS/c1-4-11-9(3)20-14(16-11)17-13(19)10-5-6-12(18-15)8(2)7-10/h5-7,18H,4,15H2,1-3H3,(H,16,17,19). The third-order valence-electron chi connectivity index (χ3n) is 3.09. The fourth-order valence-corrected chi connectivity index (χ4v) is 2.84. The van der Waals surface area contributed by atoms with Crippen LogP contribution in [0.15, 0.2) is 18.2 Å². The molecule has 0 atom stereocenters. The number of amides is 1. The molecule has 20 heavy (non-hydrogen) atoms. The van der Waals surface area contributed by atoms with Crippen LogP contribution < -0.4 is 16.6 Å². The zero-order valence-electron chi connectivity index (χ0n) is 11.8. The molecule has 0 aliphatic carbocycles. The van der Waals surface area contributed by atoms with Crippen molar-refractivity contribution in [3.8, 4) is 0 Å². The fraction of sp³-hybridized carbons (Fsp3) is 0.286. The number of nitrogen functional groups attached to an aromatic ring is 1. The van der Waals surface area contributed by atoms with Crippen LogP contribution in [0, 0.1) is 13.8 Å². The van der Waals surface area contributed by atoms with Gasteiger partial charge in [-0.2, -0.15) is 0 Å². The lowest BCUT2D eigenvalue weighted by Crippen LogP contribution is -2.13. The lowest BCUT2D eigenvalue weighted by molar-refractivity contribution is 0.102. The molecular weight excluding hydrogens is 272 g/mol. The second kappa shape index (κ2) is 6.02. The topological polar surface area (TPSA) is 80.0 Å². The van der Waals surface area contributed by atoms with E-state index in [-0.39, 0.29) is 5.91 Å². The Morgan fingerprint density at radius 1 is 1.40 bits per heavy atom. The molecule has 1 heterocycles. The van der Waals surface area contributed by atoms with Crippen molar-refractivity contribution >= 4 is 28.1 Å². The minimum Gasteiger partial charge on any atom is -0.324 e. The number of rotatable bonds is 4. The normalized spacial score (nSPS) is 10.4. The number of hydrogen-bond acceptors (Lipinski definition) is 5. The van der Waals surface area contributed by atoms with Crippen molar-refractivity contribution in [2.75, 3.05) is 10.7 Å². The SMILES string of the molecule is CCc1nc(NC(=O)c2ccc(NN)c(C)c2)sc1C. The molecule has 0 bridgehead atoms. The Morgan fingerprint density at radius 2 is 2.15 bits per heavy atom. The monoisotopic (exact) mass is 290 g/mol. The quantitative estimate of drug-likeness (QED) is 0.597. The summed E-state index contributed by atoms with van der Waals surface area (Å²) in [5.74, 6) is 5.22. The number of nitrogens with one attached hydrogen (secondary N) is 2. The Hall–Kier alpha value is -1.92. The molecule has 0 unspecified atom stereocenters. The van der Waals surface area contributed by atoms with Crippen molar-refractivity contribution in [3.63, 3.8) is 0 Å². The lowest BCUT2D eigenvalue weighted by Gasteiger charge is -2.07. The highest BCUT2D eigenvalue weighted by molar-refractivity contribution is 7.15. The van der Waals surface area contributed by atoms with Crippen LogP contribution in [-0.2, 0) is 6.42 Å². The van der Waals surface area contributed by atoms with Gasteiger partial charge in [-0.25, -0.2) is 4.98 Å². The molecule has 0 saturated heterocycles. The Labute approximate surface area is 122 Å². The summed E-state index contributed by atoms with van der Waals surface area (Å²) in [5, 5.41) is 3.48. The number of nitrogens with two attached hydrogens (primary N) is 1. The van der Waals surface area contributed by atoms with E-state index < -0.39 is 0 Å². The average Bonchev–Trinajstić information content (AvgIpc) is 2.78. The number of nitrogens with zero attached hydrogens (tertiary/aromatic N) is 1. The molecule has 4 N–H and O–H groups in total. The molecular formula is C14H18N4OS. The summed E-state index contributed by atoms with van der Waals surface area (Å²) >= 11 is 1.50. The molecule has 1 amide bonds. The van der Waals surface area contributed by atoms with Gasteiger partial charge in [-0.05, 0) is 44.0 Å². The summed E-state index contributed by atoms with van der Waals surface area (Å²) in [6, 6.07) is 5.32. The van der Waals surface area contributed by atoms with Crippen LogP contribution in [0.2, 0.25) is 0 Å². The predicted molar refractivity (Wildman–Crippen MR) is 83.2 cm³/mol. The Morgan fingerprint density at radius 3 is 2.70 bits per heavy atom. The van der Waals surface area contributed by atoms with Gasteiger partial charge in [0.05, 0.1) is 11.4 Å². The first-order valence-corrected chi connectivity index (χ1v) is 7.21. The molecule has 1 aromatic heterocycles. The third-order valence-corrected chi connectivity index (χ3v) is 4.02. The van der Waals surface area contributed by atoms with Crippen molar-refractivity contribution < 1.29 is 4.79 Å². The number of carbonyl (C=O) groups is 1. The van der Waals surface area contributed by atoms with Gasteiger partial charge in [-0.1, -0.05) is 6.92 Å². The number of hydrazine groups is 1. The van der Waals surface area contributed by atoms with Gasteiger partial charge in [0, 0.05) is 10.4 Å². The number of thiazole rings is 1. The minimum atomic E-state index is -0.159. The first kappa shape index (κ1) is 14.5. The first-order chi connectivity index (χ1) is 9.55. The highest BCUT2D eigenvalue weighted by Crippen LogP contribution is 2.23. The largest absolute Gasteiger partial charge is 0.324 e. The lowest BCUT2D eigenvalue weighted by atomic mass is 10.1. The number of aromatic nitrogens is 1. The van der Waals surface area contributed by atoms with E-state index in [4.69, 9.17) is 5.84 Å². The molecule has 6 heteroatoms. The van der Waals surface area contributed by atoms with E-state index in [1.165, 1.54) is 11.3 Å². The van der Waals surface area contributed by atoms with Crippen LogP contribution in [-0.4, -0.2) is 10.9 Å². The maximum absolute atomic E-state index is 12.2. The van der Waals surface area contributed by atoms with E-state index in [0.29, 0.717) is 10.7 Å². The van der Waals surface area contributed by atoms with Gasteiger partial charge in [0.25, 0.3) is 5.91 Å². The van der Waals surface area contributed by atoms with Gasteiger partial charge in [0.15, 0.2) is 5.13 Å². The van der Waals surface area contributed by atoms with Crippen molar-refractivity contribution in [2.45, 2.75) is 27.2 Å². The Bertz CT molecular complexity index is 636. The van der Waals surface area contributed by atoms with Gasteiger partial charge in [-0.15, -0.1) is 11.3 Å². The van der Waals surface area contributed by atoms with Crippen LogP contribution in [0.3, 0.4) is 0 Å². The highest BCUT2D eigenvalue weighted by atomic mass is 32.1. The van der Waals surface area contributed by atoms with Gasteiger partial charge in [0.1, 0.15) is 0 Å². The highest BCUT2D eigenvalue weighted by Gasteiger charge is 2.11. The number of anilines is 2. The van der Waals surface area contributed by atoms with Crippen LogP contribution in [0.4, 0.5) is 10.8 Å². The van der Waals surface area contributed by atoms with E-state index >= 15 is 0 Å². The van der Waals surface area contributed by atoms with Crippen molar-refractivity contribution in [3.05, 3.63) is 39.9 Å². The number of hydrogen-bond donors (Lipinski definition) is 3. The van der Waals surface area contributed by atoms with Crippen molar-refractivity contribution in [1.82, 2.24) is 4.98 Å². The summed E-state index contributed by atoms with van der Waals surface area (Å²) in [6.07, 6.45) is 0.869. The second-order valence-electron chi connectivity index (χ2n) is 4.50. The van der Waals surface area contributed by atoms with Crippen molar-refractivity contribution in [1.29, 1.82) is 0 Å². The number of benzene rings is 1. The summed E-state index contributed by atoms with van der Waals surface area (Å²) < 4.78 is 0. The van der Waals surface area contributed by atoms with Gasteiger partial charge in [-0.3, -0.25) is 16.0 Å². The number of carbonyl (C=O) groups excluding carboxylic acids is 1. The van der Waals surface area contributed by atoms with Crippen LogP contribution >= 0.6 is 11.3 Å². The van der Waals surface area contributed by atoms with Crippen molar-refractivity contribution in [2.24, 2.45) is 5.84 Å². The minimum absolute atomic E-state index is 0.159. The van der Waals surface area contributed by atoms with E-state index in [1.54, 1.807) is 18.2 Å². The molecule has 0 spiro atoms. The second-order valence-corrected chi connectivity index (χ2v) is 5.71. The van der Waals surface area contributed by atoms with Crippen LogP contribution in [0.5, 0.6) is 0 Å². The molecule has 0 aliphatic heterocycles. The average molecular weight is 290 g/mol. The molecule has 1 aromatic carbocycles. The molecule has 2 rings (SSSR count). The molecule has 5 nitrogen and oxygen atoms in total. The van der Waals surface area contributed by atoms with Crippen LogP contribution in [0.1, 0.15) is 33.4 Å². The number of aryl methyl sites for hydroxylation is 3. The maximum Gasteiger partial charge on any atom is 0.257 e. The summed E-state index contributed by atoms with van der Waals surface area (Å²) in [5.41, 5.74) is 5.94. The first-order valence-electron chi connectivity index (χ1n) is 6.40. The molecule has 0 aliphatic rings. The molecule has 0 fully saturated rings. The van der Waals surface area contributed by atoms with Gasteiger partial charge < -0.3 is 5.43 Å². The summed E-state index contributed by atoms with van der Waals surface area (Å²) in [4.78, 5) is 17.7. The zero-order chi connectivity index (χ0) is 14.7. The Balaban J connectivity index is 2.17. The predicted octanol–water partition coefficient (Wildman–Crippen LogP) is 2.86. The molecule has 2 aromatic rings. The summed E-state index contributed by atoms with van der Waals surface area (Å²) in [7, 11) is 0. The van der Waals surface area contributed by atoms with E-state index in [2.05, 4.69) is 22.7 Å².